The van der Waals surface area contributed by atoms with E-state index in [1.54, 1.807) is 19.1 Å². The molecule has 0 aliphatic rings. The zero-order valence-corrected chi connectivity index (χ0v) is 15.2. The van der Waals surface area contributed by atoms with Gasteiger partial charge < -0.3 is 9.73 Å². The topological polar surface area (TPSA) is 111 Å². The number of rotatable bonds is 7. The molecule has 0 spiro atoms. The van der Waals surface area contributed by atoms with E-state index in [1.165, 1.54) is 12.1 Å². The average molecular weight is 384 g/mol. The van der Waals surface area contributed by atoms with E-state index in [4.69, 9.17) is 4.42 Å². The first-order valence-corrected chi connectivity index (χ1v) is 8.97. The summed E-state index contributed by atoms with van der Waals surface area (Å²) in [5.74, 6) is 0.0112. The van der Waals surface area contributed by atoms with Crippen molar-refractivity contribution in [2.45, 2.75) is 23.9 Å². The van der Waals surface area contributed by atoms with Gasteiger partial charge in [0.25, 0.3) is 10.9 Å². The molecule has 1 heterocycles. The smallest absolute Gasteiger partial charge is 0.277 e. The number of benzene rings is 2. The van der Waals surface area contributed by atoms with Gasteiger partial charge in [0.1, 0.15) is 0 Å². The zero-order chi connectivity index (χ0) is 19.2. The summed E-state index contributed by atoms with van der Waals surface area (Å²) in [6.07, 6.45) is 0. The number of aromatic nitrogens is 2. The van der Waals surface area contributed by atoms with Crippen LogP contribution >= 0.6 is 11.8 Å². The van der Waals surface area contributed by atoms with Gasteiger partial charge in [-0.05, 0) is 18.6 Å². The van der Waals surface area contributed by atoms with Crippen LogP contribution in [0, 0.1) is 10.1 Å². The van der Waals surface area contributed by atoms with Crippen molar-refractivity contribution in [2.24, 2.45) is 0 Å². The highest BCUT2D eigenvalue weighted by molar-refractivity contribution is 8.00. The predicted octanol–water partition coefficient (Wildman–Crippen LogP) is 3.44. The molecular weight excluding hydrogens is 368 g/mol. The highest BCUT2D eigenvalue weighted by atomic mass is 32.2. The largest absolute Gasteiger partial charge is 0.411 e. The molecule has 1 amide bonds. The molecule has 27 heavy (non-hydrogen) atoms. The molecule has 0 aliphatic carbocycles. The fraction of sp³-hybridized carbons (Fsp3) is 0.167. The van der Waals surface area contributed by atoms with Gasteiger partial charge in [0.2, 0.25) is 11.8 Å². The molecule has 0 bridgehead atoms. The van der Waals surface area contributed by atoms with E-state index in [0.717, 1.165) is 17.3 Å². The molecule has 8 nitrogen and oxygen atoms in total. The first kappa shape index (κ1) is 18.6. The SMILES string of the molecule is C[C@H](Sc1nnc(-c2cccc([N+](=O)[O-])c2)o1)C(=O)NCc1ccccc1. The van der Waals surface area contributed by atoms with E-state index in [0.29, 0.717) is 12.1 Å². The van der Waals surface area contributed by atoms with Crippen molar-refractivity contribution < 1.29 is 14.1 Å². The Morgan fingerprint density at radius 1 is 1.22 bits per heavy atom. The van der Waals surface area contributed by atoms with Gasteiger partial charge in [0.05, 0.1) is 10.2 Å². The number of carbonyl (C=O) groups is 1. The fourth-order valence-corrected chi connectivity index (χ4v) is 2.97. The Bertz CT molecular complexity index is 945. The Morgan fingerprint density at radius 3 is 2.74 bits per heavy atom. The van der Waals surface area contributed by atoms with E-state index in [1.807, 2.05) is 30.3 Å². The van der Waals surface area contributed by atoms with Crippen molar-refractivity contribution in [3.8, 4) is 11.5 Å². The standard InChI is InChI=1S/C18H16N4O4S/c1-12(16(23)19-11-13-6-3-2-4-7-13)27-18-21-20-17(26-18)14-8-5-9-15(10-14)22(24)25/h2-10,12H,11H2,1H3,(H,19,23)/t12-/m0/s1. The molecule has 1 atom stereocenters. The Balaban J connectivity index is 1.60. The summed E-state index contributed by atoms with van der Waals surface area (Å²) in [7, 11) is 0. The molecule has 138 valence electrons. The van der Waals surface area contributed by atoms with Crippen molar-refractivity contribution >= 4 is 23.4 Å². The minimum Gasteiger partial charge on any atom is -0.411 e. The highest BCUT2D eigenvalue weighted by Crippen LogP contribution is 2.27. The van der Waals surface area contributed by atoms with Crippen molar-refractivity contribution in [1.82, 2.24) is 15.5 Å². The number of thioether (sulfide) groups is 1. The number of amides is 1. The molecule has 0 saturated heterocycles. The Hall–Kier alpha value is -3.20. The zero-order valence-electron chi connectivity index (χ0n) is 14.4. The third-order valence-corrected chi connectivity index (χ3v) is 4.60. The van der Waals surface area contributed by atoms with Crippen LogP contribution in [0.4, 0.5) is 5.69 Å². The Labute approximate surface area is 159 Å². The molecule has 0 unspecified atom stereocenters. The van der Waals surface area contributed by atoms with Gasteiger partial charge in [0.15, 0.2) is 0 Å². The number of non-ortho nitro benzene ring substituents is 1. The number of hydrogen-bond donors (Lipinski definition) is 1. The van der Waals surface area contributed by atoms with Gasteiger partial charge in [-0.15, -0.1) is 10.2 Å². The molecule has 0 radical (unpaired) electrons. The van der Waals surface area contributed by atoms with Crippen LogP contribution in [0.2, 0.25) is 0 Å². The second kappa shape index (κ2) is 8.45. The predicted molar refractivity (Wildman–Crippen MR) is 100.0 cm³/mol. The maximum absolute atomic E-state index is 12.2. The van der Waals surface area contributed by atoms with Gasteiger partial charge in [-0.2, -0.15) is 0 Å². The molecule has 1 aromatic heterocycles. The van der Waals surface area contributed by atoms with Gasteiger partial charge in [-0.3, -0.25) is 14.9 Å². The van der Waals surface area contributed by atoms with E-state index >= 15 is 0 Å². The van der Waals surface area contributed by atoms with Gasteiger partial charge in [0, 0.05) is 24.2 Å². The lowest BCUT2D eigenvalue weighted by atomic mass is 10.2. The molecule has 2 aromatic carbocycles. The number of carbonyl (C=O) groups excluding carboxylic acids is 1. The second-order valence-corrected chi connectivity index (χ2v) is 6.94. The van der Waals surface area contributed by atoms with Gasteiger partial charge >= 0.3 is 0 Å². The summed E-state index contributed by atoms with van der Waals surface area (Å²) in [5, 5.41) is 21.3. The van der Waals surface area contributed by atoms with Gasteiger partial charge in [-0.25, -0.2) is 0 Å². The summed E-state index contributed by atoms with van der Waals surface area (Å²) in [6, 6.07) is 15.5. The van der Waals surface area contributed by atoms with Crippen molar-refractivity contribution in [3.05, 3.63) is 70.3 Å². The number of nitrogens with one attached hydrogen (secondary N) is 1. The summed E-state index contributed by atoms with van der Waals surface area (Å²) < 4.78 is 5.53. The lowest BCUT2D eigenvalue weighted by Crippen LogP contribution is -2.30. The number of nitro groups is 1. The van der Waals surface area contributed by atoms with Crippen LogP contribution in [-0.4, -0.2) is 26.3 Å². The quantitative estimate of drug-likeness (QED) is 0.377. The maximum atomic E-state index is 12.2. The lowest BCUT2D eigenvalue weighted by molar-refractivity contribution is -0.384. The monoisotopic (exact) mass is 384 g/mol. The van der Waals surface area contributed by atoms with Gasteiger partial charge in [-0.1, -0.05) is 48.2 Å². The van der Waals surface area contributed by atoms with Crippen LogP contribution in [-0.2, 0) is 11.3 Å². The Kier molecular flexibility index (Phi) is 5.82. The molecular formula is C18H16N4O4S. The van der Waals surface area contributed by atoms with Crippen LogP contribution in [0.25, 0.3) is 11.5 Å². The van der Waals surface area contributed by atoms with Crippen molar-refractivity contribution in [3.63, 3.8) is 0 Å². The first-order valence-electron chi connectivity index (χ1n) is 8.09. The average Bonchev–Trinajstić information content (AvgIpc) is 3.15. The maximum Gasteiger partial charge on any atom is 0.277 e. The first-order chi connectivity index (χ1) is 13.0. The fourth-order valence-electron chi connectivity index (χ4n) is 2.26. The van der Waals surface area contributed by atoms with Crippen LogP contribution in [0.3, 0.4) is 0 Å². The van der Waals surface area contributed by atoms with E-state index in [2.05, 4.69) is 15.5 Å². The van der Waals surface area contributed by atoms with Crippen LogP contribution in [0.1, 0.15) is 12.5 Å². The molecule has 1 N–H and O–H groups in total. The third kappa shape index (κ3) is 4.91. The summed E-state index contributed by atoms with van der Waals surface area (Å²) in [4.78, 5) is 22.6. The van der Waals surface area contributed by atoms with Crippen molar-refractivity contribution in [1.29, 1.82) is 0 Å². The molecule has 9 heteroatoms. The second-order valence-electron chi connectivity index (χ2n) is 5.64. The molecule has 3 rings (SSSR count). The number of hydrogen-bond acceptors (Lipinski definition) is 7. The normalized spacial score (nSPS) is 11.7. The third-order valence-electron chi connectivity index (χ3n) is 3.67. The Morgan fingerprint density at radius 2 is 2.00 bits per heavy atom. The molecule has 0 fully saturated rings. The van der Waals surface area contributed by atoms with E-state index < -0.39 is 10.2 Å². The summed E-state index contributed by atoms with van der Waals surface area (Å²) in [5.41, 5.74) is 1.40. The minimum atomic E-state index is -0.491. The molecule has 0 saturated carbocycles. The molecule has 3 aromatic rings. The molecule has 0 aliphatic heterocycles. The van der Waals surface area contributed by atoms with Crippen molar-refractivity contribution in [2.75, 3.05) is 0 Å². The highest BCUT2D eigenvalue weighted by Gasteiger charge is 2.19. The minimum absolute atomic E-state index is 0.0615. The van der Waals surface area contributed by atoms with E-state index in [9.17, 15) is 14.9 Å². The van der Waals surface area contributed by atoms with E-state index in [-0.39, 0.29) is 22.7 Å². The lowest BCUT2D eigenvalue weighted by Gasteiger charge is -2.09. The van der Waals surface area contributed by atoms with Crippen LogP contribution in [0.5, 0.6) is 0 Å². The van der Waals surface area contributed by atoms with Crippen LogP contribution in [0.15, 0.2) is 64.2 Å². The number of nitro benzene ring substituents is 1. The summed E-state index contributed by atoms with van der Waals surface area (Å²) >= 11 is 1.13. The summed E-state index contributed by atoms with van der Waals surface area (Å²) in [6.45, 7) is 2.18. The number of nitrogens with zero attached hydrogens (tertiary/aromatic N) is 3. The van der Waals surface area contributed by atoms with Crippen LogP contribution < -0.4 is 5.32 Å².